The molecule has 1 rings (SSSR count). The smallest absolute Gasteiger partial charge is 0.328 e. The molecular weight excluding hydrogens is 333 g/mol. The Morgan fingerprint density at radius 3 is 2.71 bits per heavy atom. The van der Waals surface area contributed by atoms with Crippen molar-refractivity contribution in [1.29, 1.82) is 0 Å². The van der Waals surface area contributed by atoms with Gasteiger partial charge in [-0.3, -0.25) is 4.79 Å². The molecule has 4 nitrogen and oxygen atoms in total. The first kappa shape index (κ1) is 14.0. The summed E-state index contributed by atoms with van der Waals surface area (Å²) in [6.07, 6.45) is 0.434. The van der Waals surface area contributed by atoms with Crippen molar-refractivity contribution in [3.05, 3.63) is 33.4 Å². The normalized spacial score (nSPS) is 11.7. The molecular formula is C12H14INO3. The minimum absolute atomic E-state index is 0.244. The minimum atomic E-state index is -0.629. The highest BCUT2D eigenvalue weighted by Gasteiger charge is 2.20. The lowest BCUT2D eigenvalue weighted by molar-refractivity contribution is -0.144. The fourth-order valence-electron chi connectivity index (χ4n) is 1.48. The van der Waals surface area contributed by atoms with E-state index in [0.717, 1.165) is 9.13 Å². The second-order valence-corrected chi connectivity index (χ2v) is 4.86. The third kappa shape index (κ3) is 4.72. The highest BCUT2D eigenvalue weighted by molar-refractivity contribution is 14.1. The van der Waals surface area contributed by atoms with Crippen molar-refractivity contribution < 1.29 is 14.3 Å². The number of nitrogens with one attached hydrogen (secondary N) is 1. The highest BCUT2D eigenvalue weighted by Crippen LogP contribution is 2.10. The van der Waals surface area contributed by atoms with E-state index in [1.54, 1.807) is 0 Å². The summed E-state index contributed by atoms with van der Waals surface area (Å²) in [7, 11) is 1.31. The number of carbonyl (C=O) groups excluding carboxylic acids is 2. The lowest BCUT2D eigenvalue weighted by Crippen LogP contribution is -2.41. The Labute approximate surface area is 114 Å². The molecule has 92 valence electrons. The topological polar surface area (TPSA) is 55.4 Å². The standard InChI is InChI=1S/C12H14INO3/c1-8(15)14-11(12(16)17-2)7-9-4-3-5-10(13)6-9/h3-6,11H,7H2,1-2H3,(H,14,15)/t11-/m0/s1. The number of esters is 1. The molecule has 0 aliphatic rings. The van der Waals surface area contributed by atoms with Gasteiger partial charge in [0.05, 0.1) is 7.11 Å². The quantitative estimate of drug-likeness (QED) is 0.664. The van der Waals surface area contributed by atoms with Gasteiger partial charge >= 0.3 is 5.97 Å². The summed E-state index contributed by atoms with van der Waals surface area (Å²) >= 11 is 2.20. The Morgan fingerprint density at radius 1 is 1.47 bits per heavy atom. The fraction of sp³-hybridized carbons (Fsp3) is 0.333. The maximum absolute atomic E-state index is 11.5. The van der Waals surface area contributed by atoms with Crippen molar-refractivity contribution in [1.82, 2.24) is 5.32 Å². The number of hydrogen-bond acceptors (Lipinski definition) is 3. The number of amides is 1. The van der Waals surface area contributed by atoms with Crippen LogP contribution in [0.4, 0.5) is 0 Å². The van der Waals surface area contributed by atoms with E-state index < -0.39 is 12.0 Å². The SMILES string of the molecule is COC(=O)[C@H](Cc1cccc(I)c1)NC(C)=O. The summed E-state index contributed by atoms with van der Waals surface area (Å²) in [6, 6.07) is 7.14. The van der Waals surface area contributed by atoms with E-state index in [9.17, 15) is 9.59 Å². The van der Waals surface area contributed by atoms with Crippen LogP contribution in [0.1, 0.15) is 12.5 Å². The Hall–Kier alpha value is -1.11. The molecule has 0 aromatic heterocycles. The number of ether oxygens (including phenoxy) is 1. The zero-order valence-corrected chi connectivity index (χ0v) is 11.9. The van der Waals surface area contributed by atoms with Crippen LogP contribution >= 0.6 is 22.6 Å². The molecule has 17 heavy (non-hydrogen) atoms. The van der Waals surface area contributed by atoms with Crippen LogP contribution in [-0.4, -0.2) is 25.0 Å². The Balaban J connectivity index is 2.78. The summed E-state index contributed by atoms with van der Waals surface area (Å²) in [5, 5.41) is 2.58. The Bertz CT molecular complexity index is 420. The molecule has 0 saturated heterocycles. The van der Waals surface area contributed by atoms with Crippen LogP contribution < -0.4 is 5.32 Å². The molecule has 0 aliphatic carbocycles. The van der Waals surface area contributed by atoms with Crippen LogP contribution in [0.25, 0.3) is 0 Å². The van der Waals surface area contributed by atoms with Crippen LogP contribution in [-0.2, 0) is 20.7 Å². The van der Waals surface area contributed by atoms with Gasteiger partial charge in [-0.15, -0.1) is 0 Å². The first-order valence-electron chi connectivity index (χ1n) is 5.12. The molecule has 0 unspecified atom stereocenters. The number of benzene rings is 1. The summed E-state index contributed by atoms with van der Waals surface area (Å²) < 4.78 is 5.75. The summed E-state index contributed by atoms with van der Waals surface area (Å²) in [6.45, 7) is 1.38. The molecule has 1 aromatic carbocycles. The van der Waals surface area contributed by atoms with E-state index >= 15 is 0 Å². The van der Waals surface area contributed by atoms with Crippen molar-refractivity contribution in [3.63, 3.8) is 0 Å². The Kier molecular flexibility index (Phi) is 5.40. The van der Waals surface area contributed by atoms with Gasteiger partial charge < -0.3 is 10.1 Å². The molecule has 0 aliphatic heterocycles. The molecule has 0 heterocycles. The molecule has 1 atom stereocenters. The van der Waals surface area contributed by atoms with Crippen molar-refractivity contribution in [3.8, 4) is 0 Å². The number of carbonyl (C=O) groups is 2. The summed E-state index contributed by atoms with van der Waals surface area (Å²) in [4.78, 5) is 22.5. The van der Waals surface area contributed by atoms with Gasteiger partial charge in [0.2, 0.25) is 5.91 Å². The summed E-state index contributed by atoms with van der Waals surface area (Å²) in [5.41, 5.74) is 0.987. The van der Waals surface area contributed by atoms with Crippen LogP contribution in [0.15, 0.2) is 24.3 Å². The zero-order valence-electron chi connectivity index (χ0n) is 9.70. The molecule has 0 bridgehead atoms. The molecule has 1 amide bonds. The lowest BCUT2D eigenvalue weighted by Gasteiger charge is -2.15. The third-order valence-electron chi connectivity index (χ3n) is 2.19. The van der Waals surface area contributed by atoms with Crippen molar-refractivity contribution in [2.75, 3.05) is 7.11 Å². The average Bonchev–Trinajstić information content (AvgIpc) is 2.26. The van der Waals surface area contributed by atoms with E-state index in [1.807, 2.05) is 24.3 Å². The van der Waals surface area contributed by atoms with Gasteiger partial charge in [0, 0.05) is 16.9 Å². The lowest BCUT2D eigenvalue weighted by atomic mass is 10.1. The zero-order chi connectivity index (χ0) is 12.8. The second-order valence-electron chi connectivity index (χ2n) is 3.61. The molecule has 0 spiro atoms. The van der Waals surface area contributed by atoms with Crippen molar-refractivity contribution in [2.45, 2.75) is 19.4 Å². The van der Waals surface area contributed by atoms with E-state index in [0.29, 0.717) is 6.42 Å². The van der Waals surface area contributed by atoms with E-state index in [-0.39, 0.29) is 5.91 Å². The van der Waals surface area contributed by atoms with Crippen molar-refractivity contribution >= 4 is 34.5 Å². The largest absolute Gasteiger partial charge is 0.467 e. The molecule has 5 heteroatoms. The van der Waals surface area contributed by atoms with Crippen LogP contribution in [0.5, 0.6) is 0 Å². The fourth-order valence-corrected chi connectivity index (χ4v) is 2.09. The van der Waals surface area contributed by atoms with Gasteiger partial charge in [-0.25, -0.2) is 4.79 Å². The predicted molar refractivity (Wildman–Crippen MR) is 72.5 cm³/mol. The summed E-state index contributed by atoms with van der Waals surface area (Å²) in [5.74, 6) is -0.676. The molecule has 1 aromatic rings. The number of rotatable bonds is 4. The first-order chi connectivity index (χ1) is 8.02. The van der Waals surface area contributed by atoms with Gasteiger partial charge in [0.25, 0.3) is 0 Å². The molecule has 1 N–H and O–H groups in total. The monoisotopic (exact) mass is 347 g/mol. The van der Waals surface area contributed by atoms with Crippen molar-refractivity contribution in [2.24, 2.45) is 0 Å². The third-order valence-corrected chi connectivity index (χ3v) is 2.86. The predicted octanol–water partition coefficient (Wildman–Crippen LogP) is 1.51. The van der Waals surface area contributed by atoms with Gasteiger partial charge in [-0.1, -0.05) is 12.1 Å². The maximum atomic E-state index is 11.5. The van der Waals surface area contributed by atoms with Crippen LogP contribution in [0.2, 0.25) is 0 Å². The average molecular weight is 347 g/mol. The minimum Gasteiger partial charge on any atom is -0.467 e. The van der Waals surface area contributed by atoms with E-state index in [2.05, 4.69) is 32.6 Å². The number of methoxy groups -OCH3 is 1. The molecule has 0 saturated carbocycles. The van der Waals surface area contributed by atoms with Crippen LogP contribution in [0.3, 0.4) is 0 Å². The van der Waals surface area contributed by atoms with E-state index in [1.165, 1.54) is 14.0 Å². The molecule has 0 fully saturated rings. The van der Waals surface area contributed by atoms with Crippen LogP contribution in [0, 0.1) is 3.57 Å². The number of halogens is 1. The maximum Gasteiger partial charge on any atom is 0.328 e. The van der Waals surface area contributed by atoms with Gasteiger partial charge in [-0.2, -0.15) is 0 Å². The van der Waals surface area contributed by atoms with Gasteiger partial charge in [0.15, 0.2) is 0 Å². The second kappa shape index (κ2) is 6.58. The van der Waals surface area contributed by atoms with Gasteiger partial charge in [-0.05, 0) is 40.3 Å². The van der Waals surface area contributed by atoms with Gasteiger partial charge in [0.1, 0.15) is 6.04 Å². The Morgan fingerprint density at radius 2 is 2.18 bits per heavy atom. The number of hydrogen-bond donors (Lipinski definition) is 1. The highest BCUT2D eigenvalue weighted by atomic mass is 127. The first-order valence-corrected chi connectivity index (χ1v) is 6.20. The molecule has 0 radical (unpaired) electrons. The van der Waals surface area contributed by atoms with E-state index in [4.69, 9.17) is 0 Å².